The van der Waals surface area contributed by atoms with Crippen molar-refractivity contribution in [2.24, 2.45) is 0 Å². The van der Waals surface area contributed by atoms with Crippen LogP contribution in [0.2, 0.25) is 0 Å². The number of methoxy groups -OCH3 is 2. The minimum atomic E-state index is -1.23. The van der Waals surface area contributed by atoms with Crippen molar-refractivity contribution in [3.05, 3.63) is 41.5 Å². The Balaban J connectivity index is 2.49. The van der Waals surface area contributed by atoms with Crippen LogP contribution in [0.3, 0.4) is 0 Å². The zero-order valence-electron chi connectivity index (χ0n) is 12.8. The van der Waals surface area contributed by atoms with Gasteiger partial charge in [-0.2, -0.15) is 0 Å². The van der Waals surface area contributed by atoms with Gasteiger partial charge >= 0.3 is 11.9 Å². The maximum Gasteiger partial charge on any atom is 0.335 e. The molecule has 0 aromatic heterocycles. The van der Waals surface area contributed by atoms with Crippen molar-refractivity contribution in [2.75, 3.05) is 14.2 Å². The Morgan fingerprint density at radius 1 is 0.792 bits per heavy atom. The molecule has 126 valence electrons. The third-order valence-electron chi connectivity index (χ3n) is 3.14. The highest BCUT2D eigenvalue weighted by Gasteiger charge is 2.18. The van der Waals surface area contributed by atoms with Crippen LogP contribution in [0.25, 0.3) is 0 Å². The summed E-state index contributed by atoms with van der Waals surface area (Å²) in [7, 11) is 2.59. The topological polar surface area (TPSA) is 123 Å². The van der Waals surface area contributed by atoms with E-state index in [9.17, 15) is 14.7 Å². The first-order chi connectivity index (χ1) is 11.4. The third kappa shape index (κ3) is 3.32. The van der Waals surface area contributed by atoms with Crippen LogP contribution in [0, 0.1) is 0 Å². The highest BCUT2D eigenvalue weighted by atomic mass is 16.5. The summed E-state index contributed by atoms with van der Waals surface area (Å²) in [6.07, 6.45) is 0. The molecule has 2 aromatic carbocycles. The van der Waals surface area contributed by atoms with Gasteiger partial charge in [0, 0.05) is 0 Å². The van der Waals surface area contributed by atoms with Crippen LogP contribution in [0.4, 0.5) is 0 Å². The number of carboxylic acid groups (broad SMARTS) is 2. The summed E-state index contributed by atoms with van der Waals surface area (Å²) < 4.78 is 15.5. The van der Waals surface area contributed by atoms with Crippen LogP contribution in [0.5, 0.6) is 28.7 Å². The van der Waals surface area contributed by atoms with E-state index in [1.165, 1.54) is 32.4 Å². The quantitative estimate of drug-likeness (QED) is 0.736. The molecule has 0 aliphatic carbocycles. The third-order valence-corrected chi connectivity index (χ3v) is 3.14. The summed E-state index contributed by atoms with van der Waals surface area (Å²) in [5.74, 6) is -2.81. The van der Waals surface area contributed by atoms with Crippen LogP contribution in [0.1, 0.15) is 20.7 Å². The minimum absolute atomic E-state index is 0.0136. The molecule has 8 nitrogen and oxygen atoms in total. The van der Waals surface area contributed by atoms with Gasteiger partial charge in [-0.15, -0.1) is 0 Å². The van der Waals surface area contributed by atoms with Crippen LogP contribution < -0.4 is 14.2 Å². The molecular weight excluding hydrogens is 320 g/mol. The lowest BCUT2D eigenvalue weighted by atomic mass is 10.1. The van der Waals surface area contributed by atoms with Crippen molar-refractivity contribution >= 4 is 11.9 Å². The summed E-state index contributed by atoms with van der Waals surface area (Å²) in [5, 5.41) is 28.2. The molecule has 24 heavy (non-hydrogen) atoms. The van der Waals surface area contributed by atoms with E-state index >= 15 is 0 Å². The van der Waals surface area contributed by atoms with Crippen molar-refractivity contribution < 1.29 is 39.1 Å². The number of rotatable bonds is 6. The largest absolute Gasteiger partial charge is 0.502 e. The van der Waals surface area contributed by atoms with E-state index in [0.29, 0.717) is 0 Å². The summed E-state index contributed by atoms with van der Waals surface area (Å²) in [4.78, 5) is 22.1. The number of phenols is 1. The Kier molecular flexibility index (Phi) is 4.78. The van der Waals surface area contributed by atoms with Crippen molar-refractivity contribution in [2.45, 2.75) is 0 Å². The van der Waals surface area contributed by atoms with Crippen LogP contribution in [-0.2, 0) is 0 Å². The molecule has 2 rings (SSSR count). The molecule has 0 saturated heterocycles. The second-order valence-electron chi connectivity index (χ2n) is 4.60. The van der Waals surface area contributed by atoms with E-state index in [0.717, 1.165) is 12.1 Å². The lowest BCUT2D eigenvalue weighted by molar-refractivity contribution is 0.0685. The minimum Gasteiger partial charge on any atom is -0.502 e. The number of carboxylic acids is 2. The number of aromatic hydroxyl groups is 1. The first-order valence-electron chi connectivity index (χ1n) is 6.60. The molecule has 3 N–H and O–H groups in total. The number of phenolic OH excluding ortho intramolecular Hbond substituents is 1. The van der Waals surface area contributed by atoms with E-state index in [1.807, 2.05) is 0 Å². The Bertz CT molecular complexity index is 797. The zero-order chi connectivity index (χ0) is 17.9. The Hall–Kier alpha value is -3.42. The maximum atomic E-state index is 11.1. The summed E-state index contributed by atoms with van der Waals surface area (Å²) >= 11 is 0. The van der Waals surface area contributed by atoms with Crippen molar-refractivity contribution in [1.29, 1.82) is 0 Å². The Morgan fingerprint density at radius 2 is 1.33 bits per heavy atom. The number of hydrogen-bond donors (Lipinski definition) is 3. The van der Waals surface area contributed by atoms with Crippen LogP contribution >= 0.6 is 0 Å². The van der Waals surface area contributed by atoms with Crippen LogP contribution in [0.15, 0.2) is 30.3 Å². The van der Waals surface area contributed by atoms with Crippen molar-refractivity contribution in [1.82, 2.24) is 0 Å². The Morgan fingerprint density at radius 3 is 1.88 bits per heavy atom. The van der Waals surface area contributed by atoms with E-state index in [-0.39, 0.29) is 34.1 Å². The summed E-state index contributed by atoms with van der Waals surface area (Å²) in [5.41, 5.74) is -0.166. The van der Waals surface area contributed by atoms with Gasteiger partial charge in [0.15, 0.2) is 23.0 Å². The zero-order valence-corrected chi connectivity index (χ0v) is 12.8. The molecule has 0 spiro atoms. The fourth-order valence-corrected chi connectivity index (χ4v) is 1.94. The second kappa shape index (κ2) is 6.78. The number of benzene rings is 2. The van der Waals surface area contributed by atoms with Crippen LogP contribution in [-0.4, -0.2) is 41.5 Å². The van der Waals surface area contributed by atoms with Gasteiger partial charge in [-0.1, -0.05) is 0 Å². The highest BCUT2D eigenvalue weighted by Crippen LogP contribution is 2.42. The van der Waals surface area contributed by atoms with Gasteiger partial charge in [-0.25, -0.2) is 9.59 Å². The summed E-state index contributed by atoms with van der Waals surface area (Å²) in [6, 6.07) is 6.13. The number of aromatic carboxylic acids is 2. The van der Waals surface area contributed by atoms with Gasteiger partial charge in [0.25, 0.3) is 0 Å². The van der Waals surface area contributed by atoms with Gasteiger partial charge in [-0.3, -0.25) is 0 Å². The average Bonchev–Trinajstić information content (AvgIpc) is 2.56. The predicted molar refractivity (Wildman–Crippen MR) is 81.6 cm³/mol. The van der Waals surface area contributed by atoms with Crippen molar-refractivity contribution in [3.8, 4) is 28.7 Å². The molecule has 0 saturated carbocycles. The van der Waals surface area contributed by atoms with E-state index < -0.39 is 17.7 Å². The molecule has 0 fully saturated rings. The standard InChI is InChI=1S/C16H14O8/c1-22-11-5-8(15(18)19)3-4-10(11)24-13-7-9(16(20)21)6-12(23-2)14(13)17/h3-7,17H,1-2H3,(H,18,19)(H,20,21). The fraction of sp³-hybridized carbons (Fsp3) is 0.125. The van der Waals surface area contributed by atoms with Gasteiger partial charge in [-0.05, 0) is 30.3 Å². The first-order valence-corrected chi connectivity index (χ1v) is 6.60. The SMILES string of the molecule is COc1cc(C(=O)O)ccc1Oc1cc(C(=O)O)cc(OC)c1O. The lowest BCUT2D eigenvalue weighted by Crippen LogP contribution is -2.00. The van der Waals surface area contributed by atoms with Crippen molar-refractivity contribution in [3.63, 3.8) is 0 Å². The molecule has 0 radical (unpaired) electrons. The van der Waals surface area contributed by atoms with E-state index in [1.54, 1.807) is 0 Å². The van der Waals surface area contributed by atoms with Gasteiger partial charge in [0.2, 0.25) is 5.75 Å². The van der Waals surface area contributed by atoms with Gasteiger partial charge in [0.05, 0.1) is 25.3 Å². The molecule has 0 bridgehead atoms. The van der Waals surface area contributed by atoms with E-state index in [4.69, 9.17) is 24.4 Å². The molecule has 0 heterocycles. The van der Waals surface area contributed by atoms with Gasteiger partial charge in [0.1, 0.15) is 0 Å². The van der Waals surface area contributed by atoms with Gasteiger partial charge < -0.3 is 29.5 Å². The molecule has 0 unspecified atom stereocenters. The smallest absolute Gasteiger partial charge is 0.335 e. The molecule has 0 atom stereocenters. The maximum absolute atomic E-state index is 11.1. The molecule has 8 heteroatoms. The normalized spacial score (nSPS) is 10.1. The molecule has 0 aliphatic rings. The number of carbonyl (C=O) groups is 2. The average molecular weight is 334 g/mol. The lowest BCUT2D eigenvalue weighted by Gasteiger charge is -2.14. The molecular formula is C16H14O8. The Labute approximate surface area is 136 Å². The summed E-state index contributed by atoms with van der Waals surface area (Å²) in [6.45, 7) is 0. The highest BCUT2D eigenvalue weighted by molar-refractivity contribution is 5.90. The number of ether oxygens (including phenoxy) is 3. The van der Waals surface area contributed by atoms with E-state index in [2.05, 4.69) is 0 Å². The monoisotopic (exact) mass is 334 g/mol. The second-order valence-corrected chi connectivity index (χ2v) is 4.60. The predicted octanol–water partition coefficient (Wildman–Crippen LogP) is 2.60. The number of hydrogen-bond acceptors (Lipinski definition) is 6. The molecule has 0 amide bonds. The molecule has 0 aliphatic heterocycles. The molecule has 2 aromatic rings. The first kappa shape index (κ1) is 16.9. The fourth-order valence-electron chi connectivity index (χ4n) is 1.94.